The number of hydrogen-bond acceptors (Lipinski definition) is 6. The summed E-state index contributed by atoms with van der Waals surface area (Å²) >= 11 is 0. The highest BCUT2D eigenvalue weighted by atomic mass is 16.6. The maximum Gasteiger partial charge on any atom is 0.274 e. The van der Waals surface area contributed by atoms with E-state index in [0.29, 0.717) is 5.56 Å². The average Bonchev–Trinajstić information content (AvgIpc) is 2.79. The summed E-state index contributed by atoms with van der Waals surface area (Å²) in [6.45, 7) is -0.720. The molecule has 0 aromatic heterocycles. The maximum atomic E-state index is 11.7. The lowest BCUT2D eigenvalue weighted by molar-refractivity contribution is -0.385. The van der Waals surface area contributed by atoms with Crippen LogP contribution in [0.2, 0.25) is 0 Å². The zero-order valence-corrected chi connectivity index (χ0v) is 11.7. The third-order valence-corrected chi connectivity index (χ3v) is 3.20. The zero-order valence-electron chi connectivity index (χ0n) is 11.7. The predicted molar refractivity (Wildman–Crippen MR) is 73.7 cm³/mol. The number of benzene rings is 1. The summed E-state index contributed by atoms with van der Waals surface area (Å²) < 4.78 is 5.15. The summed E-state index contributed by atoms with van der Waals surface area (Å²) in [5, 5.41) is 10.8. The number of carbonyl (C=O) groups is 3. The van der Waals surface area contributed by atoms with Crippen LogP contribution in [0.1, 0.15) is 18.4 Å². The summed E-state index contributed by atoms with van der Waals surface area (Å²) in [7, 11) is 0. The van der Waals surface area contributed by atoms with Gasteiger partial charge in [0.25, 0.3) is 5.69 Å². The van der Waals surface area contributed by atoms with Crippen molar-refractivity contribution in [3.8, 4) is 0 Å². The lowest BCUT2D eigenvalue weighted by atomic mass is 10.2. The van der Waals surface area contributed by atoms with Crippen LogP contribution in [0.15, 0.2) is 24.3 Å². The van der Waals surface area contributed by atoms with Gasteiger partial charge < -0.3 is 4.74 Å². The van der Waals surface area contributed by atoms with Gasteiger partial charge in [0.05, 0.1) is 23.6 Å². The molecule has 0 saturated carbocycles. The Bertz CT molecular complexity index is 612. The van der Waals surface area contributed by atoms with E-state index < -0.39 is 10.7 Å². The van der Waals surface area contributed by atoms with Gasteiger partial charge in [-0.15, -0.1) is 0 Å². The van der Waals surface area contributed by atoms with Crippen molar-refractivity contribution < 1.29 is 24.0 Å². The third kappa shape index (κ3) is 3.73. The normalized spacial score (nSPS) is 14.5. The minimum Gasteiger partial charge on any atom is -0.369 e. The van der Waals surface area contributed by atoms with Gasteiger partial charge in [0.1, 0.15) is 6.61 Å². The molecular formula is C14H14N2O6. The minimum atomic E-state index is -0.526. The molecule has 1 aromatic rings. The number of nitrogens with zero attached hydrogens (tertiary/aromatic N) is 2. The number of amides is 2. The number of nitro groups is 1. The predicted octanol–water partition coefficient (Wildman–Crippen LogP) is 0.829. The van der Waals surface area contributed by atoms with Gasteiger partial charge in [0.2, 0.25) is 11.8 Å². The molecule has 1 heterocycles. The molecule has 0 radical (unpaired) electrons. The van der Waals surface area contributed by atoms with Crippen LogP contribution in [0.5, 0.6) is 0 Å². The number of likely N-dealkylation sites (tertiary alicyclic amines) is 1. The summed E-state index contributed by atoms with van der Waals surface area (Å²) in [6.07, 6.45) is 0.256. The van der Waals surface area contributed by atoms with Crippen molar-refractivity contribution in [3.05, 3.63) is 39.9 Å². The summed E-state index contributed by atoms with van der Waals surface area (Å²) in [5.74, 6) is -1.16. The summed E-state index contributed by atoms with van der Waals surface area (Å²) in [4.78, 5) is 45.6. The van der Waals surface area contributed by atoms with E-state index in [1.807, 2.05) is 0 Å². The molecule has 8 nitrogen and oxygen atoms in total. The van der Waals surface area contributed by atoms with E-state index in [1.54, 1.807) is 6.07 Å². The van der Waals surface area contributed by atoms with Gasteiger partial charge >= 0.3 is 0 Å². The van der Waals surface area contributed by atoms with Gasteiger partial charge in [0, 0.05) is 18.9 Å². The van der Waals surface area contributed by atoms with Crippen LogP contribution < -0.4 is 0 Å². The minimum absolute atomic E-state index is 0.0835. The Morgan fingerprint density at radius 1 is 1.23 bits per heavy atom. The van der Waals surface area contributed by atoms with Crippen molar-refractivity contribution in [2.45, 2.75) is 19.4 Å². The first-order valence-electron chi connectivity index (χ1n) is 6.64. The summed E-state index contributed by atoms with van der Waals surface area (Å²) in [6, 6.07) is 6.06. The molecule has 0 unspecified atom stereocenters. The van der Waals surface area contributed by atoms with Gasteiger partial charge in [-0.2, -0.15) is 0 Å². The molecule has 116 valence electrons. The molecule has 0 spiro atoms. The smallest absolute Gasteiger partial charge is 0.274 e. The van der Waals surface area contributed by atoms with E-state index in [-0.39, 0.29) is 50.1 Å². The second kappa shape index (κ2) is 6.90. The number of ketones is 1. The first kappa shape index (κ1) is 15.8. The van der Waals surface area contributed by atoms with Crippen molar-refractivity contribution in [2.24, 2.45) is 0 Å². The highest BCUT2D eigenvalue weighted by molar-refractivity contribution is 6.04. The molecule has 2 rings (SSSR count). The lowest BCUT2D eigenvalue weighted by Gasteiger charge is -2.12. The number of hydrogen-bond donors (Lipinski definition) is 0. The van der Waals surface area contributed by atoms with Crippen LogP contribution in [0, 0.1) is 10.1 Å². The van der Waals surface area contributed by atoms with Crippen LogP contribution in [0.3, 0.4) is 0 Å². The first-order chi connectivity index (χ1) is 10.5. The number of imide groups is 1. The number of rotatable bonds is 7. The van der Waals surface area contributed by atoms with E-state index in [2.05, 4.69) is 0 Å². The number of ether oxygens (including phenoxy) is 1. The molecule has 0 aliphatic carbocycles. The van der Waals surface area contributed by atoms with Crippen LogP contribution >= 0.6 is 0 Å². The van der Waals surface area contributed by atoms with Gasteiger partial charge in [-0.3, -0.25) is 29.4 Å². The fraction of sp³-hybridized carbons (Fsp3) is 0.357. The van der Waals surface area contributed by atoms with E-state index in [4.69, 9.17) is 4.74 Å². The Labute approximate surface area is 125 Å². The quantitative estimate of drug-likeness (QED) is 0.419. The van der Waals surface area contributed by atoms with Crippen molar-refractivity contribution >= 4 is 23.3 Å². The number of carbonyl (C=O) groups excluding carboxylic acids is 3. The molecule has 1 aliphatic heterocycles. The van der Waals surface area contributed by atoms with Gasteiger partial charge in [-0.1, -0.05) is 12.1 Å². The van der Waals surface area contributed by atoms with Crippen molar-refractivity contribution in [1.82, 2.24) is 4.90 Å². The summed E-state index contributed by atoms with van der Waals surface area (Å²) in [5.41, 5.74) is 0.272. The molecule has 0 bridgehead atoms. The van der Waals surface area contributed by atoms with Crippen LogP contribution in [-0.2, 0) is 25.7 Å². The topological polar surface area (TPSA) is 107 Å². The van der Waals surface area contributed by atoms with E-state index >= 15 is 0 Å². The van der Waals surface area contributed by atoms with Crippen LogP contribution in [-0.4, -0.2) is 40.6 Å². The second-order valence-electron chi connectivity index (χ2n) is 4.79. The maximum absolute atomic E-state index is 11.7. The molecule has 1 fully saturated rings. The molecule has 0 atom stereocenters. The lowest BCUT2D eigenvalue weighted by Crippen LogP contribution is -2.35. The van der Waals surface area contributed by atoms with E-state index in [1.165, 1.54) is 18.2 Å². The van der Waals surface area contributed by atoms with Gasteiger partial charge in [-0.25, -0.2) is 0 Å². The SMILES string of the molecule is O=C(COCc1ccccc1[N+](=O)[O-])CN1C(=O)CCC1=O. The standard InChI is InChI=1S/C14H14N2O6/c17-11(7-15-13(18)5-6-14(15)19)9-22-8-10-3-1-2-4-12(10)16(20)21/h1-4H,5-9H2. The molecule has 22 heavy (non-hydrogen) atoms. The Balaban J connectivity index is 1.84. The molecule has 1 aromatic carbocycles. The fourth-order valence-corrected chi connectivity index (χ4v) is 2.11. The van der Waals surface area contributed by atoms with E-state index in [9.17, 15) is 24.5 Å². The molecule has 0 N–H and O–H groups in total. The molecule has 8 heteroatoms. The number of nitro benzene ring substituents is 1. The molecule has 2 amide bonds. The second-order valence-corrected chi connectivity index (χ2v) is 4.79. The number of para-hydroxylation sites is 1. The fourth-order valence-electron chi connectivity index (χ4n) is 2.11. The molecular weight excluding hydrogens is 292 g/mol. The number of Topliss-reactive ketones (excluding diaryl/α,β-unsaturated/α-hetero) is 1. The van der Waals surface area contributed by atoms with Crippen LogP contribution in [0.4, 0.5) is 5.69 Å². The van der Waals surface area contributed by atoms with Gasteiger partial charge in [0.15, 0.2) is 5.78 Å². The highest BCUT2D eigenvalue weighted by Crippen LogP contribution is 2.18. The Kier molecular flexibility index (Phi) is 4.95. The van der Waals surface area contributed by atoms with E-state index in [0.717, 1.165) is 4.90 Å². The zero-order chi connectivity index (χ0) is 16.1. The first-order valence-corrected chi connectivity index (χ1v) is 6.64. The Morgan fingerprint density at radius 3 is 2.50 bits per heavy atom. The van der Waals surface area contributed by atoms with Crippen molar-refractivity contribution in [3.63, 3.8) is 0 Å². The highest BCUT2D eigenvalue weighted by Gasteiger charge is 2.30. The van der Waals surface area contributed by atoms with Crippen molar-refractivity contribution in [2.75, 3.05) is 13.2 Å². The van der Waals surface area contributed by atoms with Crippen molar-refractivity contribution in [1.29, 1.82) is 0 Å². The van der Waals surface area contributed by atoms with Gasteiger partial charge in [-0.05, 0) is 6.07 Å². The monoisotopic (exact) mass is 306 g/mol. The Hall–Kier alpha value is -2.61. The molecule has 1 saturated heterocycles. The average molecular weight is 306 g/mol. The third-order valence-electron chi connectivity index (χ3n) is 3.20. The molecule has 1 aliphatic rings. The Morgan fingerprint density at radius 2 is 1.86 bits per heavy atom. The largest absolute Gasteiger partial charge is 0.369 e. The van der Waals surface area contributed by atoms with Crippen LogP contribution in [0.25, 0.3) is 0 Å².